The molecule has 1 aliphatic rings. The molecule has 0 aliphatic carbocycles. The van der Waals surface area contributed by atoms with Crippen LogP contribution in [0.4, 0.5) is 0 Å². The fraction of sp³-hybridized carbons (Fsp3) is 0.795. The first kappa shape index (κ1) is 89.0. The number of unbranched alkanes of at least 4 members (excludes halogenated alkanes) is 52. The van der Waals surface area contributed by atoms with E-state index in [-0.39, 0.29) is 16.5 Å². The van der Waals surface area contributed by atoms with E-state index < -0.39 is 0 Å². The molecule has 0 fully saturated rings. The zero-order valence-corrected chi connectivity index (χ0v) is 63.9. The number of hydrogen-bond acceptors (Lipinski definition) is 0. The van der Waals surface area contributed by atoms with Gasteiger partial charge >= 0.3 is 16.5 Å². The van der Waals surface area contributed by atoms with Crippen LogP contribution >= 0.6 is 0 Å². The molecule has 0 saturated carbocycles. The third-order valence-corrected chi connectivity index (χ3v) is 19.6. The molecule has 1 heterocycles. The molecule has 0 atom stereocenters. The molecule has 2 aromatic rings. The zero-order valence-electron chi connectivity index (χ0n) is 62.9. The zero-order chi connectivity index (χ0) is 65.4. The normalized spacial score (nSPS) is 12.2. The van der Waals surface area contributed by atoms with Crippen LogP contribution in [0.5, 0.6) is 0 Å². The van der Waals surface area contributed by atoms with E-state index in [0.717, 1.165) is 49.9 Å². The summed E-state index contributed by atoms with van der Waals surface area (Å²) >= 11 is 0. The Kier molecular flexibility index (Phi) is 66.5. The summed E-state index contributed by atoms with van der Waals surface area (Å²) < 4.78 is 1.64. The van der Waals surface area contributed by atoms with Crippen LogP contribution in [0.3, 0.4) is 0 Å². The van der Waals surface area contributed by atoms with Crippen LogP contribution in [0, 0.1) is 27.7 Å². The SMILES string of the molecule is CCCCCCCCC1=C(c2cc(C)cc(C)c2)[N+](=[N-])C(c2cc(CCCCCC)cc(CCCCCC)c2)=C1CCCCCCCC.[CH2-]CCCCCCCCCCCCCCCCCCCC.[CH2-]CCCCCCCCCCCCCCCCCCCC.[Ni+2]. The largest absolute Gasteiger partial charge is 2.00 e. The van der Waals surface area contributed by atoms with Crippen molar-refractivity contribution in [3.8, 4) is 0 Å². The van der Waals surface area contributed by atoms with E-state index >= 15 is 0 Å². The van der Waals surface area contributed by atoms with Crippen molar-refractivity contribution in [3.63, 3.8) is 0 Å². The molecule has 1 aliphatic heterocycles. The van der Waals surface area contributed by atoms with Crippen molar-refractivity contribution in [3.05, 3.63) is 100 Å². The van der Waals surface area contributed by atoms with Gasteiger partial charge in [0.2, 0.25) is 11.4 Å². The summed E-state index contributed by atoms with van der Waals surface area (Å²) in [7, 11) is 0. The van der Waals surface area contributed by atoms with E-state index in [0.29, 0.717) is 0 Å². The van der Waals surface area contributed by atoms with Crippen LogP contribution in [0.25, 0.3) is 16.9 Å². The molecule has 0 saturated heterocycles. The van der Waals surface area contributed by atoms with Crippen LogP contribution in [0.1, 0.15) is 460 Å². The fourth-order valence-corrected chi connectivity index (χ4v) is 13.9. The van der Waals surface area contributed by atoms with E-state index in [1.54, 1.807) is 4.70 Å². The first-order chi connectivity index (χ1) is 44.3. The Morgan fingerprint density at radius 2 is 0.451 bits per heavy atom. The maximum absolute atomic E-state index is 12.4. The van der Waals surface area contributed by atoms with Gasteiger partial charge in [-0.2, -0.15) is 12.8 Å². The van der Waals surface area contributed by atoms with Gasteiger partial charge in [-0.1, -0.05) is 399 Å². The van der Waals surface area contributed by atoms with Crippen molar-refractivity contribution in [1.29, 1.82) is 0 Å². The van der Waals surface area contributed by atoms with E-state index in [4.69, 9.17) is 0 Å². The molecule has 3 rings (SSSR count). The molecule has 0 spiro atoms. The van der Waals surface area contributed by atoms with Gasteiger partial charge in [0, 0.05) is 22.3 Å². The van der Waals surface area contributed by atoms with Crippen LogP contribution in [0.15, 0.2) is 47.5 Å². The van der Waals surface area contributed by atoms with Gasteiger partial charge in [-0.15, -0.1) is 0 Å². The minimum atomic E-state index is 0. The van der Waals surface area contributed by atoms with Gasteiger partial charge in [0.15, 0.2) is 0 Å². The maximum Gasteiger partial charge on any atom is 2.00 e. The van der Waals surface area contributed by atoms with Crippen LogP contribution in [0.2, 0.25) is 0 Å². The molecular formula is C88H158N2Ni. The summed E-state index contributed by atoms with van der Waals surface area (Å²) in [6.07, 6.45) is 84.7. The first-order valence-corrected chi connectivity index (χ1v) is 41.0. The molecule has 91 heavy (non-hydrogen) atoms. The Morgan fingerprint density at radius 3 is 0.692 bits per heavy atom. The molecule has 0 bridgehead atoms. The predicted octanol–water partition coefficient (Wildman–Crippen LogP) is 31.7. The fourth-order valence-electron chi connectivity index (χ4n) is 13.9. The second-order valence-electron chi connectivity index (χ2n) is 28.8. The van der Waals surface area contributed by atoms with Crippen molar-refractivity contribution in [2.75, 3.05) is 0 Å². The third kappa shape index (κ3) is 50.1. The van der Waals surface area contributed by atoms with Gasteiger partial charge in [-0.25, -0.2) is 4.70 Å². The standard InChI is InChI=1S/C46H72N2.2C21H43.Ni/c1-7-11-15-19-21-25-29-43-44(30-26-22-20-16-12-8-2)46(48(47)45(43)41-32-37(5)31-38(6)33-41)42-35-39(27-23-17-13-9-3)34-40(36-42)28-24-18-14-10-4;2*1-3-5-7-9-11-13-15-17-19-21-20-18-16-14-12-10-8-6-4-2;/h31-36H,7-30H2,1-6H3;2*1,3-21H2,2H3;/q;2*-1;+2. The van der Waals surface area contributed by atoms with Gasteiger partial charge < -0.3 is 19.4 Å². The number of benzene rings is 2. The quantitative estimate of drug-likeness (QED) is 0.0273. The Labute approximate surface area is 582 Å². The molecular weight excluding hydrogens is 1140 g/mol. The topological polar surface area (TPSA) is 25.3 Å². The van der Waals surface area contributed by atoms with Gasteiger partial charge in [-0.05, 0) is 101 Å². The summed E-state index contributed by atoms with van der Waals surface area (Å²) in [5, 5.41) is 0. The summed E-state index contributed by atoms with van der Waals surface area (Å²) in [5.74, 6) is 0. The second kappa shape index (κ2) is 68.0. The van der Waals surface area contributed by atoms with E-state index in [1.165, 1.54) is 404 Å². The smallest absolute Gasteiger partial charge is 0.493 e. The van der Waals surface area contributed by atoms with Gasteiger partial charge in [0.05, 0.1) is 0 Å². The van der Waals surface area contributed by atoms with Crippen molar-refractivity contribution >= 4 is 11.4 Å². The summed E-state index contributed by atoms with van der Waals surface area (Å²) in [4.78, 5) is 0. The number of rotatable bonds is 62. The molecule has 0 amide bonds. The van der Waals surface area contributed by atoms with Crippen LogP contribution in [-0.4, -0.2) is 4.70 Å². The second-order valence-corrected chi connectivity index (χ2v) is 28.8. The minimum Gasteiger partial charge on any atom is -0.493 e. The average molecular weight is 1300 g/mol. The number of hydrogen-bond donors (Lipinski definition) is 0. The minimum absolute atomic E-state index is 0. The Morgan fingerprint density at radius 1 is 0.253 bits per heavy atom. The molecule has 2 aromatic carbocycles. The number of allylic oxidation sites excluding steroid dienone is 2. The van der Waals surface area contributed by atoms with Crippen molar-refractivity contribution < 1.29 is 21.2 Å². The molecule has 0 aromatic heterocycles. The first-order valence-electron chi connectivity index (χ1n) is 41.0. The average Bonchev–Trinajstić information content (AvgIpc) is 1.73. The van der Waals surface area contributed by atoms with Crippen molar-refractivity contribution in [1.82, 2.24) is 0 Å². The van der Waals surface area contributed by atoms with Crippen LogP contribution in [-0.2, 0) is 29.3 Å². The van der Waals surface area contributed by atoms with E-state index in [1.807, 2.05) is 0 Å². The summed E-state index contributed by atoms with van der Waals surface area (Å²) in [6, 6.07) is 14.2. The van der Waals surface area contributed by atoms with Gasteiger partial charge in [-0.3, -0.25) is 0 Å². The van der Waals surface area contributed by atoms with Gasteiger partial charge in [0.1, 0.15) is 0 Å². The van der Waals surface area contributed by atoms with E-state index in [2.05, 4.69) is 106 Å². The molecule has 2 nitrogen and oxygen atoms in total. The Bertz CT molecular complexity index is 1830. The summed E-state index contributed by atoms with van der Waals surface area (Å²) in [6.45, 7) is 26.0. The predicted molar refractivity (Wildman–Crippen MR) is 409 cm³/mol. The van der Waals surface area contributed by atoms with Crippen molar-refractivity contribution in [2.24, 2.45) is 0 Å². The Balaban J connectivity index is 0.00000156. The number of aryl methyl sites for hydroxylation is 4. The molecule has 0 radical (unpaired) electrons. The van der Waals surface area contributed by atoms with Crippen molar-refractivity contribution in [2.45, 2.75) is 453 Å². The monoisotopic (exact) mass is 1300 g/mol. The summed E-state index contributed by atoms with van der Waals surface area (Å²) in [5.41, 5.74) is 25.2. The maximum atomic E-state index is 12.4. The Hall–Kier alpha value is -1.99. The molecule has 530 valence electrons. The third-order valence-electron chi connectivity index (χ3n) is 19.6. The molecule has 0 unspecified atom stereocenters. The van der Waals surface area contributed by atoms with Gasteiger partial charge in [0.25, 0.3) is 0 Å². The molecule has 3 heteroatoms. The van der Waals surface area contributed by atoms with E-state index in [9.17, 15) is 5.53 Å². The van der Waals surface area contributed by atoms with Crippen LogP contribution < -0.4 is 0 Å². The number of nitrogens with zero attached hydrogens (tertiary/aromatic N) is 2. The molecule has 0 N–H and O–H groups in total.